The summed E-state index contributed by atoms with van der Waals surface area (Å²) < 4.78 is 7.25. The number of amides is 1. The van der Waals surface area contributed by atoms with E-state index in [0.29, 0.717) is 65.6 Å². The van der Waals surface area contributed by atoms with Crippen molar-refractivity contribution in [3.8, 4) is 16.3 Å². The van der Waals surface area contributed by atoms with Gasteiger partial charge >= 0.3 is 0 Å². The molecule has 1 aliphatic rings. The van der Waals surface area contributed by atoms with Crippen LogP contribution in [0, 0.1) is 0 Å². The Labute approximate surface area is 217 Å². The molecule has 1 atom stereocenters. The minimum absolute atomic E-state index is 0.00977. The number of nitrogens with zero attached hydrogens (tertiary/aromatic N) is 5. The van der Waals surface area contributed by atoms with Crippen LogP contribution in [-0.4, -0.2) is 62.6 Å². The van der Waals surface area contributed by atoms with Crippen LogP contribution in [0.15, 0.2) is 65.5 Å². The maximum atomic E-state index is 13.0. The van der Waals surface area contributed by atoms with E-state index in [9.17, 15) is 9.59 Å². The van der Waals surface area contributed by atoms with Gasteiger partial charge < -0.3 is 9.64 Å². The lowest BCUT2D eigenvalue weighted by molar-refractivity contribution is -0.140. The molecule has 2 aromatic heterocycles. The van der Waals surface area contributed by atoms with Gasteiger partial charge in [0.2, 0.25) is 4.96 Å². The molecule has 0 N–H and O–H groups in total. The highest BCUT2D eigenvalue weighted by molar-refractivity contribution is 7.19. The summed E-state index contributed by atoms with van der Waals surface area (Å²) in [6, 6.07) is 18.4. The first-order chi connectivity index (χ1) is 17.5. The van der Waals surface area contributed by atoms with Gasteiger partial charge in [-0.15, -0.1) is 0 Å². The smallest absolute Gasteiger partial charge is 0.275 e. The van der Waals surface area contributed by atoms with Crippen LogP contribution < -0.4 is 10.3 Å². The van der Waals surface area contributed by atoms with E-state index >= 15 is 0 Å². The molecule has 8 nitrogen and oxygen atoms in total. The van der Waals surface area contributed by atoms with Crippen molar-refractivity contribution in [1.29, 1.82) is 0 Å². The van der Waals surface area contributed by atoms with E-state index in [1.165, 1.54) is 21.9 Å². The van der Waals surface area contributed by atoms with Gasteiger partial charge in [-0.25, -0.2) is 4.98 Å². The molecule has 1 aliphatic heterocycles. The van der Waals surface area contributed by atoms with Gasteiger partial charge in [0, 0.05) is 44.4 Å². The molecule has 3 heterocycles. The van der Waals surface area contributed by atoms with Crippen molar-refractivity contribution < 1.29 is 9.53 Å². The summed E-state index contributed by atoms with van der Waals surface area (Å²) in [5.74, 6) is 0.709. The van der Waals surface area contributed by atoms with Gasteiger partial charge in [0.15, 0.2) is 6.10 Å². The second-order valence-corrected chi connectivity index (χ2v) is 9.96. The molecule has 0 bridgehead atoms. The van der Waals surface area contributed by atoms with Crippen molar-refractivity contribution in [2.45, 2.75) is 26.0 Å². The highest BCUT2D eigenvalue weighted by Gasteiger charge is 2.28. The Hall–Kier alpha value is -3.27. The summed E-state index contributed by atoms with van der Waals surface area (Å²) in [6.45, 7) is 5.09. The lowest BCUT2D eigenvalue weighted by Gasteiger charge is -2.36. The van der Waals surface area contributed by atoms with E-state index in [0.717, 1.165) is 5.56 Å². The zero-order valence-electron chi connectivity index (χ0n) is 19.8. The number of carbonyl (C=O) groups is 1. The third-order valence-corrected chi connectivity index (χ3v) is 7.41. The predicted octanol–water partition coefficient (Wildman–Crippen LogP) is 3.97. The van der Waals surface area contributed by atoms with Gasteiger partial charge in [0.25, 0.3) is 11.5 Å². The molecule has 0 saturated carbocycles. The quantitative estimate of drug-likeness (QED) is 0.364. The Kier molecular flexibility index (Phi) is 7.31. The minimum Gasteiger partial charge on any atom is -0.481 e. The maximum absolute atomic E-state index is 13.0. The molecular formula is C26H26ClN5O3S. The number of ether oxygens (including phenoxy) is 1. The number of rotatable bonds is 7. The van der Waals surface area contributed by atoms with Crippen LogP contribution in [0.5, 0.6) is 5.75 Å². The SMILES string of the molecule is CC[C@@H](Oc1ccccc1)C(=O)N1CCN(Cc2cc(=O)n3nc(-c4ccccc4Cl)sc3n2)CC1. The van der Waals surface area contributed by atoms with Gasteiger partial charge in [0.05, 0.1) is 10.7 Å². The van der Waals surface area contributed by atoms with Crippen molar-refractivity contribution in [2.75, 3.05) is 26.2 Å². The second-order valence-electron chi connectivity index (χ2n) is 8.60. The van der Waals surface area contributed by atoms with E-state index in [2.05, 4.69) is 15.0 Å². The summed E-state index contributed by atoms with van der Waals surface area (Å²) >= 11 is 7.64. The van der Waals surface area contributed by atoms with Gasteiger partial charge in [0.1, 0.15) is 10.8 Å². The van der Waals surface area contributed by atoms with Crippen molar-refractivity contribution >= 4 is 33.8 Å². The fourth-order valence-electron chi connectivity index (χ4n) is 4.21. The number of aromatic nitrogens is 3. The predicted molar refractivity (Wildman–Crippen MR) is 141 cm³/mol. The molecule has 2 aromatic carbocycles. The van der Waals surface area contributed by atoms with E-state index in [-0.39, 0.29) is 11.5 Å². The Bertz CT molecular complexity index is 1420. The molecule has 1 saturated heterocycles. The monoisotopic (exact) mass is 523 g/mol. The summed E-state index contributed by atoms with van der Waals surface area (Å²) in [7, 11) is 0. The third kappa shape index (κ3) is 5.28. The average molecular weight is 524 g/mol. The van der Waals surface area contributed by atoms with Crippen LogP contribution in [-0.2, 0) is 11.3 Å². The number of fused-ring (bicyclic) bond motifs is 1. The molecule has 5 rings (SSSR count). The number of halogens is 1. The number of para-hydroxylation sites is 1. The first-order valence-electron chi connectivity index (χ1n) is 11.9. The fourth-order valence-corrected chi connectivity index (χ4v) is 5.46. The number of benzene rings is 2. The van der Waals surface area contributed by atoms with Crippen molar-refractivity contribution in [3.63, 3.8) is 0 Å². The van der Waals surface area contributed by atoms with Crippen LogP contribution in [0.3, 0.4) is 0 Å². The maximum Gasteiger partial charge on any atom is 0.275 e. The van der Waals surface area contributed by atoms with E-state index in [1.54, 1.807) is 6.07 Å². The number of hydrogen-bond acceptors (Lipinski definition) is 7. The first kappa shape index (κ1) is 24.4. The molecular weight excluding hydrogens is 498 g/mol. The van der Waals surface area contributed by atoms with Crippen LogP contribution in [0.25, 0.3) is 15.5 Å². The van der Waals surface area contributed by atoms with Crippen LogP contribution >= 0.6 is 22.9 Å². The van der Waals surface area contributed by atoms with Gasteiger partial charge in [-0.3, -0.25) is 14.5 Å². The van der Waals surface area contributed by atoms with Gasteiger partial charge in [-0.05, 0) is 24.6 Å². The van der Waals surface area contributed by atoms with Crippen LogP contribution in [0.2, 0.25) is 5.02 Å². The van der Waals surface area contributed by atoms with Gasteiger partial charge in [-0.1, -0.05) is 66.3 Å². The Morgan fingerprint density at radius 3 is 2.53 bits per heavy atom. The molecule has 186 valence electrons. The molecule has 0 aliphatic carbocycles. The largest absolute Gasteiger partial charge is 0.481 e. The number of carbonyl (C=O) groups excluding carboxylic acids is 1. The van der Waals surface area contributed by atoms with E-state index < -0.39 is 6.10 Å². The van der Waals surface area contributed by atoms with E-state index in [4.69, 9.17) is 16.3 Å². The molecule has 1 fully saturated rings. The van der Waals surface area contributed by atoms with Crippen LogP contribution in [0.1, 0.15) is 19.0 Å². The number of piperazine rings is 1. The van der Waals surface area contributed by atoms with Crippen molar-refractivity contribution in [2.24, 2.45) is 0 Å². The number of hydrogen-bond donors (Lipinski definition) is 0. The van der Waals surface area contributed by atoms with Gasteiger partial charge in [-0.2, -0.15) is 9.61 Å². The highest BCUT2D eigenvalue weighted by Crippen LogP contribution is 2.30. The zero-order valence-corrected chi connectivity index (χ0v) is 21.4. The summed E-state index contributed by atoms with van der Waals surface area (Å²) in [6.07, 6.45) is 0.106. The Morgan fingerprint density at radius 1 is 1.08 bits per heavy atom. The molecule has 1 amide bonds. The van der Waals surface area contributed by atoms with Crippen molar-refractivity contribution in [1.82, 2.24) is 24.4 Å². The topological polar surface area (TPSA) is 80.0 Å². The summed E-state index contributed by atoms with van der Waals surface area (Å²) in [4.78, 5) is 35.0. The zero-order chi connectivity index (χ0) is 25.1. The summed E-state index contributed by atoms with van der Waals surface area (Å²) in [5.41, 5.74) is 1.24. The summed E-state index contributed by atoms with van der Waals surface area (Å²) in [5, 5.41) is 5.65. The molecule has 10 heteroatoms. The van der Waals surface area contributed by atoms with Crippen LogP contribution in [0.4, 0.5) is 0 Å². The first-order valence-corrected chi connectivity index (χ1v) is 13.1. The fraction of sp³-hybridized carbons (Fsp3) is 0.308. The minimum atomic E-state index is -0.498. The lowest BCUT2D eigenvalue weighted by atomic mass is 10.2. The highest BCUT2D eigenvalue weighted by atomic mass is 35.5. The molecule has 0 spiro atoms. The third-order valence-electron chi connectivity index (χ3n) is 6.14. The molecule has 0 unspecified atom stereocenters. The normalized spacial score (nSPS) is 15.2. The van der Waals surface area contributed by atoms with Crippen molar-refractivity contribution in [3.05, 3.63) is 81.7 Å². The lowest BCUT2D eigenvalue weighted by Crippen LogP contribution is -2.52. The van der Waals surface area contributed by atoms with E-state index in [1.807, 2.05) is 60.4 Å². The Morgan fingerprint density at radius 2 is 1.81 bits per heavy atom. The average Bonchev–Trinajstić information content (AvgIpc) is 3.33. The Balaban J connectivity index is 1.23. The molecule has 36 heavy (non-hydrogen) atoms. The molecule has 4 aromatic rings. The standard InChI is InChI=1S/C26H26ClN5O3S/c1-2-22(35-19-8-4-3-5-9-19)25(34)31-14-12-30(13-15-31)17-18-16-23(33)32-26(28-18)36-24(29-32)20-10-6-7-11-21(20)27/h3-11,16,22H,2,12-15,17H2,1H3/t22-/m1/s1. The molecule has 0 radical (unpaired) electrons. The second kappa shape index (κ2) is 10.8.